The smallest absolute Gasteiger partial charge is 0.226 e. The van der Waals surface area contributed by atoms with Crippen LogP contribution in [0.3, 0.4) is 0 Å². The molecule has 0 aliphatic heterocycles. The molecule has 1 aromatic heterocycles. The van der Waals surface area contributed by atoms with Gasteiger partial charge in [0, 0.05) is 17.8 Å². The van der Waals surface area contributed by atoms with Gasteiger partial charge in [-0.05, 0) is 49.5 Å². The Hall–Kier alpha value is -1.68. The van der Waals surface area contributed by atoms with Gasteiger partial charge in [0.1, 0.15) is 0 Å². The SMILES string of the molecule is C[C@@H](NC(=O)Cc1csc(Cc2ccccc2)n1)[C@@H]1C[C@H]2CC[C@H]1C2. The van der Waals surface area contributed by atoms with Crippen LogP contribution in [0.25, 0.3) is 0 Å². The third-order valence-corrected chi connectivity index (χ3v) is 6.86. The summed E-state index contributed by atoms with van der Waals surface area (Å²) in [5.74, 6) is 2.57. The largest absolute Gasteiger partial charge is 0.353 e. The van der Waals surface area contributed by atoms with Crippen molar-refractivity contribution in [3.05, 3.63) is 52.0 Å². The van der Waals surface area contributed by atoms with Crippen molar-refractivity contribution >= 4 is 17.2 Å². The van der Waals surface area contributed by atoms with E-state index in [-0.39, 0.29) is 5.91 Å². The minimum absolute atomic E-state index is 0.117. The Bertz CT molecular complexity index is 727. The van der Waals surface area contributed by atoms with Crippen molar-refractivity contribution in [2.75, 3.05) is 0 Å². The molecule has 2 aromatic rings. The lowest BCUT2D eigenvalue weighted by atomic mass is 9.84. The van der Waals surface area contributed by atoms with Crippen LogP contribution in [-0.4, -0.2) is 16.9 Å². The number of amides is 1. The molecule has 4 heteroatoms. The minimum atomic E-state index is 0.117. The zero-order valence-electron chi connectivity index (χ0n) is 14.8. The van der Waals surface area contributed by atoms with Crippen LogP contribution in [0.4, 0.5) is 0 Å². The Morgan fingerprint density at radius 2 is 2.12 bits per heavy atom. The van der Waals surface area contributed by atoms with Gasteiger partial charge in [-0.1, -0.05) is 36.8 Å². The average Bonchev–Trinajstić information content (AvgIpc) is 3.33. The van der Waals surface area contributed by atoms with Crippen molar-refractivity contribution in [1.29, 1.82) is 0 Å². The monoisotopic (exact) mass is 354 g/mol. The van der Waals surface area contributed by atoms with E-state index in [0.717, 1.165) is 29.0 Å². The Morgan fingerprint density at radius 3 is 2.84 bits per heavy atom. The molecule has 1 N–H and O–H groups in total. The van der Waals surface area contributed by atoms with Gasteiger partial charge in [-0.2, -0.15) is 0 Å². The number of fused-ring (bicyclic) bond motifs is 2. The predicted molar refractivity (Wildman–Crippen MR) is 102 cm³/mol. The fraction of sp³-hybridized carbons (Fsp3) is 0.524. The Balaban J connectivity index is 1.29. The highest BCUT2D eigenvalue weighted by atomic mass is 32.1. The second kappa shape index (κ2) is 7.28. The van der Waals surface area contributed by atoms with E-state index in [0.29, 0.717) is 18.4 Å². The molecule has 25 heavy (non-hydrogen) atoms. The number of aromatic nitrogens is 1. The maximum absolute atomic E-state index is 12.4. The first-order chi connectivity index (χ1) is 12.2. The molecular formula is C21H26N2OS. The van der Waals surface area contributed by atoms with E-state index in [1.807, 2.05) is 23.6 Å². The number of thiazole rings is 1. The number of nitrogens with zero attached hydrogens (tertiary/aromatic N) is 1. The van der Waals surface area contributed by atoms with E-state index in [9.17, 15) is 4.79 Å². The molecule has 2 fully saturated rings. The second-order valence-electron chi connectivity index (χ2n) is 7.77. The summed E-state index contributed by atoms with van der Waals surface area (Å²) in [5, 5.41) is 6.35. The number of carbonyl (C=O) groups excluding carboxylic acids is 1. The fourth-order valence-electron chi connectivity index (χ4n) is 4.76. The maximum atomic E-state index is 12.4. The highest BCUT2D eigenvalue weighted by molar-refractivity contribution is 7.09. The molecule has 0 radical (unpaired) electrons. The zero-order valence-corrected chi connectivity index (χ0v) is 15.6. The van der Waals surface area contributed by atoms with E-state index in [4.69, 9.17) is 0 Å². The minimum Gasteiger partial charge on any atom is -0.353 e. The summed E-state index contributed by atoms with van der Waals surface area (Å²) in [6.07, 6.45) is 6.71. The van der Waals surface area contributed by atoms with Crippen LogP contribution in [-0.2, 0) is 17.6 Å². The molecule has 0 spiro atoms. The van der Waals surface area contributed by atoms with E-state index >= 15 is 0 Å². The topological polar surface area (TPSA) is 42.0 Å². The summed E-state index contributed by atoms with van der Waals surface area (Å²) in [5.41, 5.74) is 2.16. The van der Waals surface area contributed by atoms with Crippen molar-refractivity contribution in [2.24, 2.45) is 17.8 Å². The lowest BCUT2D eigenvalue weighted by Gasteiger charge is -2.28. The first-order valence-corrected chi connectivity index (χ1v) is 10.3. The maximum Gasteiger partial charge on any atom is 0.226 e. The van der Waals surface area contributed by atoms with Gasteiger partial charge >= 0.3 is 0 Å². The Morgan fingerprint density at radius 1 is 1.28 bits per heavy atom. The zero-order chi connectivity index (χ0) is 17.2. The summed E-state index contributed by atoms with van der Waals surface area (Å²) < 4.78 is 0. The molecule has 2 bridgehead atoms. The quantitative estimate of drug-likeness (QED) is 0.844. The fourth-order valence-corrected chi connectivity index (χ4v) is 5.59. The third kappa shape index (κ3) is 3.95. The lowest BCUT2D eigenvalue weighted by molar-refractivity contribution is -0.121. The number of nitrogens with one attached hydrogen (secondary N) is 1. The standard InChI is InChI=1S/C21H26N2OS/c1-14(19-10-16-7-8-17(19)9-16)22-20(24)12-18-13-25-21(23-18)11-15-5-3-2-4-6-15/h2-6,13-14,16-17,19H,7-12H2,1H3,(H,22,24)/t14-,16+,17+,19+/m1/s1. The van der Waals surface area contributed by atoms with Gasteiger partial charge in [-0.15, -0.1) is 11.3 Å². The van der Waals surface area contributed by atoms with E-state index in [1.165, 1.54) is 31.2 Å². The van der Waals surface area contributed by atoms with Crippen LogP contribution in [0.1, 0.15) is 48.9 Å². The van der Waals surface area contributed by atoms with Gasteiger partial charge in [0.05, 0.1) is 17.1 Å². The molecule has 2 aliphatic rings. The molecule has 4 atom stereocenters. The molecular weight excluding hydrogens is 328 g/mol. The molecule has 4 rings (SSSR count). The molecule has 0 saturated heterocycles. The molecule has 3 nitrogen and oxygen atoms in total. The van der Waals surface area contributed by atoms with Crippen molar-refractivity contribution in [3.8, 4) is 0 Å². The normalized spacial score (nSPS) is 25.9. The van der Waals surface area contributed by atoms with E-state index in [1.54, 1.807) is 11.3 Å². The first kappa shape index (κ1) is 16.8. The summed E-state index contributed by atoms with van der Waals surface area (Å²) in [6, 6.07) is 10.7. The highest BCUT2D eigenvalue weighted by Crippen LogP contribution is 2.49. The van der Waals surface area contributed by atoms with Gasteiger partial charge < -0.3 is 5.32 Å². The van der Waals surface area contributed by atoms with Gasteiger partial charge in [0.2, 0.25) is 5.91 Å². The summed E-state index contributed by atoms with van der Waals surface area (Å²) >= 11 is 1.65. The van der Waals surface area contributed by atoms with Crippen LogP contribution in [0.15, 0.2) is 35.7 Å². The van der Waals surface area contributed by atoms with Crippen LogP contribution >= 0.6 is 11.3 Å². The molecule has 2 aliphatic carbocycles. The van der Waals surface area contributed by atoms with E-state index < -0.39 is 0 Å². The second-order valence-corrected chi connectivity index (χ2v) is 8.71. The Labute approximate surface area is 153 Å². The van der Waals surface area contributed by atoms with Crippen molar-refractivity contribution < 1.29 is 4.79 Å². The van der Waals surface area contributed by atoms with Crippen molar-refractivity contribution in [3.63, 3.8) is 0 Å². The van der Waals surface area contributed by atoms with E-state index in [2.05, 4.69) is 29.4 Å². The molecule has 2 saturated carbocycles. The number of hydrogen-bond donors (Lipinski definition) is 1. The molecule has 1 heterocycles. The summed E-state index contributed by atoms with van der Waals surface area (Å²) in [6.45, 7) is 2.19. The third-order valence-electron chi connectivity index (χ3n) is 5.96. The van der Waals surface area contributed by atoms with Gasteiger partial charge in [0.25, 0.3) is 0 Å². The lowest BCUT2D eigenvalue weighted by Crippen LogP contribution is -2.40. The average molecular weight is 355 g/mol. The van der Waals surface area contributed by atoms with Crippen LogP contribution in [0, 0.1) is 17.8 Å². The van der Waals surface area contributed by atoms with Crippen molar-refractivity contribution in [2.45, 2.75) is 51.5 Å². The summed E-state index contributed by atoms with van der Waals surface area (Å²) in [4.78, 5) is 17.1. The highest BCUT2D eigenvalue weighted by Gasteiger charge is 2.42. The van der Waals surface area contributed by atoms with Crippen molar-refractivity contribution in [1.82, 2.24) is 10.3 Å². The molecule has 0 unspecified atom stereocenters. The number of benzene rings is 1. The molecule has 1 amide bonds. The number of hydrogen-bond acceptors (Lipinski definition) is 3. The number of rotatable bonds is 6. The van der Waals surface area contributed by atoms with Crippen LogP contribution in [0.5, 0.6) is 0 Å². The first-order valence-electron chi connectivity index (χ1n) is 9.44. The molecule has 1 aromatic carbocycles. The van der Waals surface area contributed by atoms with Crippen LogP contribution < -0.4 is 5.32 Å². The Kier molecular flexibility index (Phi) is 4.89. The van der Waals surface area contributed by atoms with Crippen LogP contribution in [0.2, 0.25) is 0 Å². The van der Waals surface area contributed by atoms with Gasteiger partial charge in [-0.3, -0.25) is 4.79 Å². The predicted octanol–water partition coefficient (Wildman–Crippen LogP) is 4.22. The van der Waals surface area contributed by atoms with Gasteiger partial charge in [-0.25, -0.2) is 4.98 Å². The summed E-state index contributed by atoms with van der Waals surface area (Å²) in [7, 11) is 0. The number of carbonyl (C=O) groups is 1. The molecule has 132 valence electrons. The van der Waals surface area contributed by atoms with Gasteiger partial charge in [0.15, 0.2) is 0 Å².